The van der Waals surface area contributed by atoms with Crippen molar-refractivity contribution in [1.29, 1.82) is 0 Å². The lowest BCUT2D eigenvalue weighted by atomic mass is 10.2. The number of rotatable bonds is 2. The van der Waals surface area contributed by atoms with Gasteiger partial charge in [-0.1, -0.05) is 23.9 Å². The van der Waals surface area contributed by atoms with E-state index in [4.69, 9.17) is 20.0 Å². The molecule has 8 aliphatic rings. The lowest BCUT2D eigenvalue weighted by Crippen LogP contribution is -2.45. The summed E-state index contributed by atoms with van der Waals surface area (Å²) in [6.07, 6.45) is 39.7. The van der Waals surface area contributed by atoms with Crippen LogP contribution in [-0.2, 0) is 0 Å². The van der Waals surface area contributed by atoms with Gasteiger partial charge in [0.25, 0.3) is 0 Å². The quantitative estimate of drug-likeness (QED) is 0.398. The van der Waals surface area contributed by atoms with Gasteiger partial charge in [0.05, 0.1) is 45.6 Å². The van der Waals surface area contributed by atoms with Crippen LogP contribution in [0.1, 0.15) is 12.8 Å². The Bertz CT molecular complexity index is 2400. The van der Waals surface area contributed by atoms with Gasteiger partial charge in [-0.05, 0) is 121 Å². The third-order valence-corrected chi connectivity index (χ3v) is 10.6. The lowest BCUT2D eigenvalue weighted by Gasteiger charge is -2.37. The molecule has 4 N–H and O–H groups in total. The Labute approximate surface area is 286 Å². The van der Waals surface area contributed by atoms with E-state index in [0.29, 0.717) is 0 Å². The summed E-state index contributed by atoms with van der Waals surface area (Å²) in [6.45, 7) is 0. The number of thioether (sulfide) groups is 1. The molecule has 236 valence electrons. The van der Waals surface area contributed by atoms with Gasteiger partial charge in [0.2, 0.25) is 0 Å². The first-order chi connectivity index (χ1) is 24.0. The van der Waals surface area contributed by atoms with E-state index >= 15 is 0 Å². The number of hydrogen-bond acceptors (Lipinski definition) is 7. The molecule has 49 heavy (non-hydrogen) atoms. The summed E-state index contributed by atoms with van der Waals surface area (Å²) >= 11 is 1.84. The van der Waals surface area contributed by atoms with E-state index < -0.39 is 9.74 Å². The Balaban J connectivity index is 1.07. The van der Waals surface area contributed by atoms with Crippen molar-refractivity contribution in [3.05, 3.63) is 165 Å². The fourth-order valence-corrected chi connectivity index (χ4v) is 8.64. The van der Waals surface area contributed by atoms with Gasteiger partial charge in [-0.15, -0.1) is 0 Å². The molecule has 0 fully saturated rings. The Morgan fingerprint density at radius 2 is 0.816 bits per heavy atom. The maximum atomic E-state index is 5.02. The van der Waals surface area contributed by atoms with E-state index in [-0.39, 0.29) is 0 Å². The fraction of sp³-hybridized carbons (Fsp3) is 0.100. The first kappa shape index (κ1) is 28.1. The second kappa shape index (κ2) is 10.8. The number of aromatic amines is 2. The average Bonchev–Trinajstić information content (AvgIpc) is 3.91. The Morgan fingerprint density at radius 3 is 1.22 bits per heavy atom. The number of H-pyrrole nitrogens is 2. The zero-order valence-electron chi connectivity index (χ0n) is 26.3. The number of fused-ring (bicyclic) bond motifs is 12. The Kier molecular flexibility index (Phi) is 6.20. The van der Waals surface area contributed by atoms with Gasteiger partial charge in [0.1, 0.15) is 9.74 Å². The van der Waals surface area contributed by atoms with E-state index in [2.05, 4.69) is 154 Å². The van der Waals surface area contributed by atoms with Crippen molar-refractivity contribution in [2.75, 3.05) is 0 Å². The molecule has 0 saturated carbocycles. The van der Waals surface area contributed by atoms with Crippen LogP contribution in [0, 0.1) is 0 Å². The van der Waals surface area contributed by atoms with Crippen molar-refractivity contribution >= 4 is 58.9 Å². The van der Waals surface area contributed by atoms with Crippen LogP contribution in [0.25, 0.3) is 24.3 Å². The molecule has 2 atom stereocenters. The van der Waals surface area contributed by atoms with Crippen molar-refractivity contribution in [3.8, 4) is 0 Å². The highest BCUT2D eigenvalue weighted by Gasteiger charge is 2.44. The molecule has 2 unspecified atom stereocenters. The van der Waals surface area contributed by atoms with E-state index in [9.17, 15) is 0 Å². The molecule has 0 spiro atoms. The van der Waals surface area contributed by atoms with Gasteiger partial charge in [-0.25, -0.2) is 20.0 Å². The predicted molar refractivity (Wildman–Crippen MR) is 201 cm³/mol. The summed E-state index contributed by atoms with van der Waals surface area (Å²) in [5, 5.41) is 11.8. The molecule has 10 heterocycles. The van der Waals surface area contributed by atoms with Gasteiger partial charge < -0.3 is 20.6 Å². The molecule has 0 amide bonds. The van der Waals surface area contributed by atoms with E-state index in [1.165, 1.54) is 0 Å². The summed E-state index contributed by atoms with van der Waals surface area (Å²) in [5.74, 6) is 0. The third-order valence-electron chi connectivity index (χ3n) is 9.10. The second-order valence-corrected chi connectivity index (χ2v) is 14.6. The summed E-state index contributed by atoms with van der Waals surface area (Å²) in [6, 6.07) is 8.28. The van der Waals surface area contributed by atoms with Crippen molar-refractivity contribution < 1.29 is 0 Å². The highest BCUT2D eigenvalue weighted by atomic mass is 32.2. The first-order valence-corrected chi connectivity index (χ1v) is 17.2. The van der Waals surface area contributed by atoms with Crippen LogP contribution in [0.4, 0.5) is 0 Å². The molecule has 10 rings (SSSR count). The molecule has 0 aliphatic carbocycles. The zero-order valence-corrected chi connectivity index (χ0v) is 27.1. The van der Waals surface area contributed by atoms with Crippen LogP contribution in [0.2, 0.25) is 0 Å². The highest BCUT2D eigenvalue weighted by molar-refractivity contribution is 8.02. The van der Waals surface area contributed by atoms with Crippen molar-refractivity contribution in [1.82, 2.24) is 20.6 Å². The van der Waals surface area contributed by atoms with Crippen LogP contribution in [-0.4, -0.2) is 42.6 Å². The van der Waals surface area contributed by atoms with Crippen LogP contribution < -0.4 is 32.0 Å². The minimum atomic E-state index is -0.515. The van der Waals surface area contributed by atoms with E-state index in [1.54, 1.807) is 0 Å². The molecule has 0 aromatic carbocycles. The monoisotopic (exact) mass is 654 g/mol. The first-order valence-electron chi connectivity index (χ1n) is 16.4. The molecule has 2 aromatic rings. The maximum Gasteiger partial charge on any atom is 0.111 e. The number of nitrogens with zero attached hydrogens (tertiary/aromatic N) is 4. The number of aliphatic imine (C=N–C) groups is 4. The van der Waals surface area contributed by atoms with Gasteiger partial charge >= 0.3 is 0 Å². The molecule has 0 saturated heterocycles. The zero-order chi connectivity index (χ0) is 32.4. The molecular formula is C40H30N8S. The minimum Gasteiger partial charge on any atom is -0.367 e. The summed E-state index contributed by atoms with van der Waals surface area (Å²) in [5.41, 5.74) is 9.35. The van der Waals surface area contributed by atoms with Gasteiger partial charge in [-0.2, -0.15) is 0 Å². The average molecular weight is 655 g/mol. The smallest absolute Gasteiger partial charge is 0.111 e. The second-order valence-electron chi connectivity index (χ2n) is 12.9. The molecule has 16 bridgehead atoms. The van der Waals surface area contributed by atoms with Crippen molar-refractivity contribution in [3.63, 3.8) is 0 Å². The number of nitrogens with one attached hydrogen (secondary N) is 4. The Morgan fingerprint density at radius 1 is 0.449 bits per heavy atom. The highest BCUT2D eigenvalue weighted by Crippen LogP contribution is 2.48. The lowest BCUT2D eigenvalue weighted by molar-refractivity contribution is 0.625. The van der Waals surface area contributed by atoms with E-state index in [0.717, 1.165) is 91.3 Å². The van der Waals surface area contributed by atoms with Crippen LogP contribution in [0.3, 0.4) is 0 Å². The molecule has 9 heteroatoms. The molecule has 2 aromatic heterocycles. The fourth-order valence-electron chi connectivity index (χ4n) is 6.96. The molecular weight excluding hydrogens is 625 g/mol. The van der Waals surface area contributed by atoms with Gasteiger partial charge in [0, 0.05) is 45.6 Å². The van der Waals surface area contributed by atoms with Crippen molar-refractivity contribution in [2.24, 2.45) is 20.0 Å². The largest absolute Gasteiger partial charge is 0.367 e. The maximum absolute atomic E-state index is 5.02. The normalized spacial score (nSPS) is 33.7. The standard InChI is InChI=1S/C40H30N8S/c1-3-29-19-31-9-11-37(45-31)23-39(15-13-35(47-39)21-33-7-5-27(43-33)17-25(1)41-29)49-40-16-14-36(48-40)22-34-8-6-28(44-34)18-26-2-4-30(42-26)20-32-10-12-38(24-40)46-32/h1-14,17-24,41-42,47-48H,15-16H2/b25-17-,26-18-,29-19-,30-20-,33-21-,34-22-,37-23-,38-24-. The molecule has 8 aliphatic heterocycles. The van der Waals surface area contributed by atoms with Gasteiger partial charge in [-0.3, -0.25) is 0 Å². The minimum absolute atomic E-state index is 0.515. The van der Waals surface area contributed by atoms with Crippen LogP contribution >= 0.6 is 11.8 Å². The summed E-state index contributed by atoms with van der Waals surface area (Å²) in [7, 11) is 0. The molecule has 0 radical (unpaired) electrons. The SMILES string of the molecule is C1=C/C2=C/C3=CCC(SC45/C=C6/C=CC(=N6)/C=c6/cc/c([nH]6)=C/C6=NC(=C\C(=CC4)N5)/C=C6)(/C=C4/C=CC(=N4)/C=c4/cc/c([nH]4)=C/C1=N2)N3. The van der Waals surface area contributed by atoms with Crippen LogP contribution in [0.15, 0.2) is 163 Å². The predicted octanol–water partition coefficient (Wildman–Crippen LogP) is 3.65. The number of aromatic nitrogens is 2. The summed E-state index contributed by atoms with van der Waals surface area (Å²) < 4.78 is 0. The topological polar surface area (TPSA) is 105 Å². The van der Waals surface area contributed by atoms with Gasteiger partial charge in [0.15, 0.2) is 0 Å². The number of allylic oxidation sites excluding steroid dienone is 10. The van der Waals surface area contributed by atoms with E-state index in [1.807, 2.05) is 11.8 Å². The third kappa shape index (κ3) is 5.58. The Hall–Kier alpha value is -5.93. The van der Waals surface area contributed by atoms with Crippen LogP contribution in [0.5, 0.6) is 0 Å². The number of hydrogen-bond donors (Lipinski definition) is 4. The summed E-state index contributed by atoms with van der Waals surface area (Å²) in [4.78, 5) is 25.7. The molecule has 8 nitrogen and oxygen atoms in total. The van der Waals surface area contributed by atoms with Crippen molar-refractivity contribution in [2.45, 2.75) is 22.6 Å².